The molecule has 3 saturated heterocycles. The molecule has 11 heteroatoms. The Morgan fingerprint density at radius 2 is 1.70 bits per heavy atom. The molecule has 0 aromatic heterocycles. The van der Waals surface area contributed by atoms with Gasteiger partial charge >= 0.3 is 0 Å². The molecule has 210 valence electrons. The molecular weight excluding hydrogens is 482 g/mol. The van der Waals surface area contributed by atoms with Gasteiger partial charge in [0.05, 0.1) is 20.3 Å². The number of nitrogens with zero attached hydrogens (tertiary/aromatic N) is 2. The zero-order chi connectivity index (χ0) is 27.2. The lowest BCUT2D eigenvalue weighted by molar-refractivity contribution is -0.135. The van der Waals surface area contributed by atoms with Gasteiger partial charge in [0.2, 0.25) is 0 Å². The van der Waals surface area contributed by atoms with Gasteiger partial charge in [0, 0.05) is 65.0 Å². The van der Waals surface area contributed by atoms with E-state index in [9.17, 15) is 5.11 Å². The molecule has 1 aromatic rings. The number of fused-ring (bicyclic) bond motifs is 1. The number of rotatable bonds is 8. The van der Waals surface area contributed by atoms with Crippen LogP contribution >= 0.6 is 0 Å². The highest BCUT2D eigenvalue weighted by atomic mass is 16.5. The minimum Gasteiger partial charge on any atom is -0.493 e. The van der Waals surface area contributed by atoms with Crippen LogP contribution in [-0.4, -0.2) is 116 Å². The standard InChI is InChI=1S/C22H35N3O4.2C2H4O2/c1-27-22-9-17(10-25-11-18-14-28-15-19(18)12-25)3-4-21(22)29-16-20(26)13-24-7-2-5-23-6-8-24;2*1-2(3)4/h3-4,9,18-20,23,26H,2,5-8,10-16H2,1H3;2*1H3,(H,3,4)/t18-,19+,20?;;. The van der Waals surface area contributed by atoms with Gasteiger partial charge in [0.15, 0.2) is 11.5 Å². The van der Waals surface area contributed by atoms with Crippen LogP contribution in [0.4, 0.5) is 0 Å². The first-order chi connectivity index (χ1) is 17.7. The number of β-amino-alcohol motifs (C(OH)–C–C–N with tert-alkyl or cyclic N) is 1. The molecule has 4 N–H and O–H groups in total. The number of aliphatic hydroxyl groups excluding tert-OH is 1. The van der Waals surface area contributed by atoms with Crippen molar-refractivity contribution in [2.24, 2.45) is 11.8 Å². The maximum atomic E-state index is 10.4. The average molecular weight is 526 g/mol. The molecule has 0 saturated carbocycles. The summed E-state index contributed by atoms with van der Waals surface area (Å²) in [5, 5.41) is 28.6. The second-order valence-electron chi connectivity index (χ2n) is 9.64. The number of ether oxygens (including phenoxy) is 3. The van der Waals surface area contributed by atoms with Crippen LogP contribution < -0.4 is 14.8 Å². The third kappa shape index (κ3) is 12.1. The molecule has 0 bridgehead atoms. The molecule has 3 aliphatic rings. The highest BCUT2D eigenvalue weighted by molar-refractivity contribution is 5.63. The van der Waals surface area contributed by atoms with Crippen molar-refractivity contribution in [2.75, 3.05) is 72.7 Å². The number of likely N-dealkylation sites (tertiary alicyclic amines) is 1. The van der Waals surface area contributed by atoms with E-state index in [2.05, 4.69) is 27.2 Å². The predicted molar refractivity (Wildman–Crippen MR) is 138 cm³/mol. The molecule has 0 spiro atoms. The largest absolute Gasteiger partial charge is 0.493 e. The Kier molecular flexibility index (Phi) is 13.7. The first-order valence-electron chi connectivity index (χ1n) is 12.8. The molecule has 0 amide bonds. The number of aliphatic hydroxyl groups is 1. The highest BCUT2D eigenvalue weighted by Crippen LogP contribution is 2.32. The van der Waals surface area contributed by atoms with Crippen LogP contribution in [0.5, 0.6) is 11.5 Å². The number of benzene rings is 1. The van der Waals surface area contributed by atoms with Crippen molar-refractivity contribution in [2.45, 2.75) is 32.9 Å². The lowest BCUT2D eigenvalue weighted by Gasteiger charge is -2.23. The number of hydrogen-bond donors (Lipinski definition) is 4. The number of carbonyl (C=O) groups is 2. The Labute approximate surface area is 219 Å². The van der Waals surface area contributed by atoms with Gasteiger partial charge in [-0.1, -0.05) is 6.07 Å². The fourth-order valence-electron chi connectivity index (χ4n) is 4.72. The minimum absolute atomic E-state index is 0.273. The number of hydrogen-bond acceptors (Lipinski definition) is 9. The Hall–Kier alpha value is -2.44. The van der Waals surface area contributed by atoms with E-state index in [1.165, 1.54) is 5.56 Å². The lowest BCUT2D eigenvalue weighted by atomic mass is 10.0. The second-order valence-corrected chi connectivity index (χ2v) is 9.64. The van der Waals surface area contributed by atoms with Crippen LogP contribution in [0.25, 0.3) is 0 Å². The normalized spacial score (nSPS) is 22.4. The fourth-order valence-corrected chi connectivity index (χ4v) is 4.72. The molecule has 37 heavy (non-hydrogen) atoms. The van der Waals surface area contributed by atoms with Crippen LogP contribution in [0.15, 0.2) is 18.2 Å². The topological polar surface area (TPSA) is 141 Å². The summed E-state index contributed by atoms with van der Waals surface area (Å²) in [5.74, 6) is 1.15. The fraction of sp³-hybridized carbons (Fsp3) is 0.692. The second kappa shape index (κ2) is 16.4. The summed E-state index contributed by atoms with van der Waals surface area (Å²) >= 11 is 0. The van der Waals surface area contributed by atoms with E-state index in [1.54, 1.807) is 7.11 Å². The smallest absolute Gasteiger partial charge is 0.300 e. The van der Waals surface area contributed by atoms with E-state index in [-0.39, 0.29) is 6.61 Å². The van der Waals surface area contributed by atoms with Crippen LogP contribution in [0.3, 0.4) is 0 Å². The Balaban J connectivity index is 0.000000530. The highest BCUT2D eigenvalue weighted by Gasteiger charge is 2.36. The number of aliphatic carboxylic acids is 2. The minimum atomic E-state index is -0.833. The summed E-state index contributed by atoms with van der Waals surface area (Å²) < 4.78 is 17.0. The SMILES string of the molecule is CC(=O)O.CC(=O)O.COc1cc(CN2C[C@H]3COC[C@H]3C2)ccc1OCC(O)CN1CCCNCC1. The van der Waals surface area contributed by atoms with E-state index in [1.807, 2.05) is 6.07 Å². The summed E-state index contributed by atoms with van der Waals surface area (Å²) in [7, 11) is 1.67. The van der Waals surface area contributed by atoms with Crippen molar-refractivity contribution in [1.29, 1.82) is 0 Å². The van der Waals surface area contributed by atoms with E-state index in [4.69, 9.17) is 34.0 Å². The van der Waals surface area contributed by atoms with Gasteiger partial charge in [-0.3, -0.25) is 19.4 Å². The zero-order valence-electron chi connectivity index (χ0n) is 22.2. The van der Waals surface area contributed by atoms with Crippen LogP contribution in [0.2, 0.25) is 0 Å². The Bertz CT molecular complexity index is 800. The Morgan fingerprint density at radius 3 is 2.32 bits per heavy atom. The van der Waals surface area contributed by atoms with Crippen molar-refractivity contribution >= 4 is 11.9 Å². The lowest BCUT2D eigenvalue weighted by Crippen LogP contribution is -2.37. The van der Waals surface area contributed by atoms with Crippen molar-refractivity contribution in [3.05, 3.63) is 23.8 Å². The van der Waals surface area contributed by atoms with Gasteiger partial charge in [-0.2, -0.15) is 0 Å². The number of carboxylic acid groups (broad SMARTS) is 2. The molecule has 11 nitrogen and oxygen atoms in total. The van der Waals surface area contributed by atoms with Crippen molar-refractivity contribution < 1.29 is 39.1 Å². The van der Waals surface area contributed by atoms with Crippen LogP contribution in [0.1, 0.15) is 25.8 Å². The van der Waals surface area contributed by atoms with E-state index >= 15 is 0 Å². The quantitative estimate of drug-likeness (QED) is 0.386. The van der Waals surface area contributed by atoms with Gasteiger partial charge < -0.3 is 34.8 Å². The van der Waals surface area contributed by atoms with Gasteiger partial charge in [-0.05, 0) is 37.2 Å². The zero-order valence-corrected chi connectivity index (χ0v) is 22.2. The van der Waals surface area contributed by atoms with Crippen LogP contribution in [0, 0.1) is 11.8 Å². The van der Waals surface area contributed by atoms with E-state index in [0.29, 0.717) is 24.1 Å². The Morgan fingerprint density at radius 1 is 1.05 bits per heavy atom. The summed E-state index contributed by atoms with van der Waals surface area (Å²) in [6, 6.07) is 6.14. The van der Waals surface area contributed by atoms with Gasteiger partial charge in [0.1, 0.15) is 12.7 Å². The van der Waals surface area contributed by atoms with E-state index < -0.39 is 18.0 Å². The number of nitrogens with one attached hydrogen (secondary N) is 1. The maximum Gasteiger partial charge on any atom is 0.300 e. The summed E-state index contributed by atoms with van der Waals surface area (Å²) in [6.45, 7) is 12.1. The summed E-state index contributed by atoms with van der Waals surface area (Å²) in [5.41, 5.74) is 1.23. The maximum absolute atomic E-state index is 10.4. The third-order valence-electron chi connectivity index (χ3n) is 6.28. The molecule has 4 rings (SSSR count). The van der Waals surface area contributed by atoms with Crippen molar-refractivity contribution in [3.8, 4) is 11.5 Å². The monoisotopic (exact) mass is 525 g/mol. The summed E-state index contributed by atoms with van der Waals surface area (Å²) in [4.78, 5) is 22.8. The molecule has 3 atom stereocenters. The number of methoxy groups -OCH3 is 1. The first kappa shape index (κ1) is 30.8. The molecule has 0 radical (unpaired) electrons. The first-order valence-corrected chi connectivity index (χ1v) is 12.8. The molecule has 0 aliphatic carbocycles. The number of carboxylic acids is 2. The molecule has 3 heterocycles. The molecular formula is C26H43N3O8. The molecule has 3 aliphatic heterocycles. The molecule has 1 unspecified atom stereocenters. The van der Waals surface area contributed by atoms with Crippen molar-refractivity contribution in [3.63, 3.8) is 0 Å². The van der Waals surface area contributed by atoms with Gasteiger partial charge in [-0.15, -0.1) is 0 Å². The third-order valence-corrected chi connectivity index (χ3v) is 6.28. The van der Waals surface area contributed by atoms with Gasteiger partial charge in [-0.25, -0.2) is 0 Å². The molecule has 1 aromatic carbocycles. The van der Waals surface area contributed by atoms with Crippen molar-refractivity contribution in [1.82, 2.24) is 15.1 Å². The predicted octanol–water partition coefficient (Wildman–Crippen LogP) is 0.990. The van der Waals surface area contributed by atoms with Gasteiger partial charge in [0.25, 0.3) is 11.9 Å². The van der Waals surface area contributed by atoms with Crippen LogP contribution in [-0.2, 0) is 20.9 Å². The molecule has 3 fully saturated rings. The average Bonchev–Trinajstić information content (AvgIpc) is 3.31. The van der Waals surface area contributed by atoms with E-state index in [0.717, 1.165) is 85.0 Å². The summed E-state index contributed by atoms with van der Waals surface area (Å²) in [6.07, 6.45) is 0.609.